The van der Waals surface area contributed by atoms with Crippen LogP contribution in [0.25, 0.3) is 66.1 Å². The maximum absolute atomic E-state index is 6.41. The van der Waals surface area contributed by atoms with Crippen LogP contribution in [0.15, 0.2) is 239 Å². The minimum absolute atomic E-state index is 0.457. The molecule has 2 nitrogen and oxygen atoms in total. The zero-order valence-electron chi connectivity index (χ0n) is 33.6. The first-order chi connectivity index (χ1) is 30.7. The Balaban J connectivity index is 0.954. The number of nitrogens with zero attached hydrogens (tertiary/aromatic N) is 1. The molecule has 0 radical (unpaired) electrons. The summed E-state index contributed by atoms with van der Waals surface area (Å²) in [6, 6.07) is 82.2. The van der Waals surface area contributed by atoms with Gasteiger partial charge in [-0.2, -0.15) is 0 Å². The first-order valence-corrected chi connectivity index (χ1v) is 22.1. The van der Waals surface area contributed by atoms with Gasteiger partial charge < -0.3 is 9.32 Å². The number of fused-ring (bicyclic) bond motifs is 14. The lowest BCUT2D eigenvalue weighted by atomic mass is 9.67. The van der Waals surface area contributed by atoms with Gasteiger partial charge in [-0.05, 0) is 127 Å². The molecule has 13 rings (SSSR count). The fourth-order valence-corrected chi connectivity index (χ4v) is 11.6. The van der Waals surface area contributed by atoms with Gasteiger partial charge in [-0.25, -0.2) is 0 Å². The van der Waals surface area contributed by atoms with Crippen LogP contribution in [0.4, 0.5) is 17.1 Å². The van der Waals surface area contributed by atoms with Crippen LogP contribution in [0.5, 0.6) is 0 Å². The number of anilines is 3. The maximum atomic E-state index is 6.41. The van der Waals surface area contributed by atoms with Gasteiger partial charge in [0.1, 0.15) is 11.2 Å². The highest BCUT2D eigenvalue weighted by molar-refractivity contribution is 7.99. The van der Waals surface area contributed by atoms with E-state index in [1.807, 2.05) is 23.9 Å². The van der Waals surface area contributed by atoms with E-state index in [-0.39, 0.29) is 0 Å². The van der Waals surface area contributed by atoms with Gasteiger partial charge in [-0.1, -0.05) is 169 Å². The van der Waals surface area contributed by atoms with Crippen molar-refractivity contribution >= 4 is 61.5 Å². The lowest BCUT2D eigenvalue weighted by Crippen LogP contribution is -2.32. The molecule has 1 atom stereocenters. The largest absolute Gasteiger partial charge is 0.456 e. The molecule has 0 fully saturated rings. The van der Waals surface area contributed by atoms with Crippen LogP contribution in [0.2, 0.25) is 0 Å². The first kappa shape index (κ1) is 35.2. The first-order valence-electron chi connectivity index (χ1n) is 21.2. The number of furan rings is 1. The lowest BCUT2D eigenvalue weighted by Gasteiger charge is -2.40. The quantitative estimate of drug-likeness (QED) is 0.172. The molecule has 62 heavy (non-hydrogen) atoms. The molecule has 290 valence electrons. The molecule has 0 amide bonds. The van der Waals surface area contributed by atoms with Gasteiger partial charge in [0, 0.05) is 43.7 Å². The van der Waals surface area contributed by atoms with E-state index in [9.17, 15) is 0 Å². The molecule has 2 heterocycles. The highest BCUT2D eigenvalue weighted by Gasteiger charge is 2.50. The minimum atomic E-state index is -0.457. The van der Waals surface area contributed by atoms with Gasteiger partial charge >= 0.3 is 0 Å². The molecular formula is C59H37NOS. The van der Waals surface area contributed by atoms with Gasteiger partial charge in [0.15, 0.2) is 0 Å². The van der Waals surface area contributed by atoms with E-state index in [0.717, 1.165) is 39.0 Å². The summed E-state index contributed by atoms with van der Waals surface area (Å²) in [6.07, 6.45) is 0. The predicted octanol–water partition coefficient (Wildman–Crippen LogP) is 16.4. The predicted molar refractivity (Wildman–Crippen MR) is 258 cm³/mol. The summed E-state index contributed by atoms with van der Waals surface area (Å²) >= 11 is 1.89. The van der Waals surface area contributed by atoms with E-state index in [1.54, 1.807) is 0 Å². The highest BCUT2D eigenvalue weighted by atomic mass is 32.2. The van der Waals surface area contributed by atoms with Crippen LogP contribution in [0.3, 0.4) is 0 Å². The fraction of sp³-hybridized carbons (Fsp3) is 0.0169. The zero-order valence-corrected chi connectivity index (χ0v) is 34.4. The Labute approximate surface area is 364 Å². The standard InChI is InChI=1S/C59H37NOS/c1-2-12-38(13-3-1)39-22-28-43(29-23-39)60(45-32-33-48-47-16-7-10-20-54(47)61-55(48)37-45)44-30-24-40(25-31-44)42-27-35-57-53(36-42)59(51-19-9-11-21-56(51)62-57)50-18-8-6-17-49(50)58-46-15-5-4-14-41(46)26-34-52(58)59/h1-37H. The van der Waals surface area contributed by atoms with Gasteiger partial charge in [-0.3, -0.25) is 0 Å². The molecule has 2 aliphatic rings. The van der Waals surface area contributed by atoms with E-state index >= 15 is 0 Å². The number of hydrogen-bond acceptors (Lipinski definition) is 3. The fourth-order valence-electron chi connectivity index (χ4n) is 10.4. The summed E-state index contributed by atoms with van der Waals surface area (Å²) in [4.78, 5) is 4.94. The summed E-state index contributed by atoms with van der Waals surface area (Å²) in [5, 5.41) is 4.82. The highest BCUT2D eigenvalue weighted by Crippen LogP contribution is 2.63. The number of rotatable bonds is 5. The van der Waals surface area contributed by atoms with Crippen LogP contribution in [-0.2, 0) is 5.41 Å². The monoisotopic (exact) mass is 807 g/mol. The van der Waals surface area contributed by atoms with Crippen molar-refractivity contribution in [2.24, 2.45) is 0 Å². The molecule has 1 aromatic heterocycles. The Hall–Kier alpha value is -7.59. The molecule has 0 bridgehead atoms. The molecule has 10 aromatic carbocycles. The maximum Gasteiger partial charge on any atom is 0.137 e. The van der Waals surface area contributed by atoms with Crippen molar-refractivity contribution in [2.75, 3.05) is 4.90 Å². The second kappa shape index (κ2) is 13.7. The van der Waals surface area contributed by atoms with Crippen LogP contribution in [0.1, 0.15) is 22.3 Å². The normalized spacial score (nSPS) is 14.8. The van der Waals surface area contributed by atoms with Crippen molar-refractivity contribution in [1.29, 1.82) is 0 Å². The topological polar surface area (TPSA) is 16.4 Å². The van der Waals surface area contributed by atoms with Gasteiger partial charge in [0.05, 0.1) is 5.41 Å². The van der Waals surface area contributed by atoms with Crippen molar-refractivity contribution in [1.82, 2.24) is 0 Å². The summed E-state index contributed by atoms with van der Waals surface area (Å²) < 4.78 is 6.41. The smallest absolute Gasteiger partial charge is 0.137 e. The molecular weight excluding hydrogens is 771 g/mol. The number of benzene rings is 10. The molecule has 1 unspecified atom stereocenters. The Morgan fingerprint density at radius 2 is 0.952 bits per heavy atom. The molecule has 0 saturated carbocycles. The molecule has 3 heteroatoms. The Morgan fingerprint density at radius 3 is 1.77 bits per heavy atom. The zero-order chi connectivity index (χ0) is 40.8. The Morgan fingerprint density at radius 1 is 0.355 bits per heavy atom. The molecule has 1 spiro atoms. The lowest BCUT2D eigenvalue weighted by molar-refractivity contribution is 0.669. The van der Waals surface area contributed by atoms with Crippen molar-refractivity contribution in [2.45, 2.75) is 15.2 Å². The summed E-state index contributed by atoms with van der Waals surface area (Å²) in [5.74, 6) is 0. The van der Waals surface area contributed by atoms with Gasteiger partial charge in [0.2, 0.25) is 0 Å². The molecule has 11 aromatic rings. The molecule has 0 saturated heterocycles. The summed E-state index contributed by atoms with van der Waals surface area (Å²) in [6.45, 7) is 0. The van der Waals surface area contributed by atoms with E-state index in [1.165, 1.54) is 76.2 Å². The van der Waals surface area contributed by atoms with Crippen molar-refractivity contribution < 1.29 is 4.42 Å². The SMILES string of the molecule is c1ccc(-c2ccc(N(c3ccc(-c4ccc5c(c4)C4(c6ccccc6S5)c5ccccc5-c5c4ccc4ccccc54)cc3)c3ccc4c(c3)oc3ccccc34)cc2)cc1. The van der Waals surface area contributed by atoms with Gasteiger partial charge in [0.25, 0.3) is 0 Å². The Kier molecular flexibility index (Phi) is 7.79. The van der Waals surface area contributed by atoms with Crippen LogP contribution in [0, 0.1) is 0 Å². The van der Waals surface area contributed by atoms with Crippen LogP contribution >= 0.6 is 11.8 Å². The van der Waals surface area contributed by atoms with E-state index in [0.29, 0.717) is 0 Å². The van der Waals surface area contributed by atoms with Crippen LogP contribution < -0.4 is 4.90 Å². The van der Waals surface area contributed by atoms with E-state index in [4.69, 9.17) is 4.42 Å². The second-order valence-corrected chi connectivity index (χ2v) is 17.5. The van der Waals surface area contributed by atoms with Crippen molar-refractivity contribution in [3.63, 3.8) is 0 Å². The van der Waals surface area contributed by atoms with E-state index in [2.05, 4.69) is 217 Å². The average molecular weight is 808 g/mol. The second-order valence-electron chi connectivity index (χ2n) is 16.4. The number of para-hydroxylation sites is 1. The third kappa shape index (κ3) is 5.19. The van der Waals surface area contributed by atoms with Crippen molar-refractivity contribution in [3.8, 4) is 33.4 Å². The van der Waals surface area contributed by atoms with Crippen molar-refractivity contribution in [3.05, 3.63) is 247 Å². The third-order valence-corrected chi connectivity index (χ3v) is 14.3. The van der Waals surface area contributed by atoms with E-state index < -0.39 is 5.41 Å². The molecule has 1 aliphatic carbocycles. The summed E-state index contributed by atoms with van der Waals surface area (Å²) in [5.41, 5.74) is 17.3. The van der Waals surface area contributed by atoms with Crippen LogP contribution in [-0.4, -0.2) is 0 Å². The van der Waals surface area contributed by atoms with Gasteiger partial charge in [-0.15, -0.1) is 0 Å². The summed E-state index contributed by atoms with van der Waals surface area (Å²) in [7, 11) is 0. The average Bonchev–Trinajstić information content (AvgIpc) is 3.86. The minimum Gasteiger partial charge on any atom is -0.456 e. The third-order valence-electron chi connectivity index (χ3n) is 13.1. The molecule has 1 aliphatic heterocycles. The number of hydrogen-bond donors (Lipinski definition) is 0. The Bertz CT molecular complexity index is 3550. The molecule has 0 N–H and O–H groups in total.